The molecule has 0 radical (unpaired) electrons. The Morgan fingerprint density at radius 3 is 2.68 bits per heavy atom. The van der Waals surface area contributed by atoms with Gasteiger partial charge in [-0.2, -0.15) is 5.10 Å². The zero-order valence-electron chi connectivity index (χ0n) is 15.0. The molecule has 1 N–H and O–H groups in total. The molecule has 0 bridgehead atoms. The van der Waals surface area contributed by atoms with Crippen LogP contribution in [-0.2, 0) is 26.4 Å². The smallest absolute Gasteiger partial charge is 0.128 e. The number of rotatable bonds is 5. The third-order valence-corrected chi connectivity index (χ3v) is 5.09. The fourth-order valence-corrected chi connectivity index (χ4v) is 3.92. The molecular weight excluding hydrogens is 324 g/mol. The van der Waals surface area contributed by atoms with E-state index in [-0.39, 0.29) is 6.04 Å². The summed E-state index contributed by atoms with van der Waals surface area (Å²) in [5, 5.41) is 14.7. The molecule has 1 aliphatic rings. The summed E-state index contributed by atoms with van der Waals surface area (Å²) in [6.45, 7) is 5.18. The Balaban J connectivity index is 1.95. The van der Waals surface area contributed by atoms with Crippen molar-refractivity contribution in [3.8, 4) is 0 Å². The zero-order chi connectivity index (χ0) is 18.1. The van der Waals surface area contributed by atoms with E-state index in [9.17, 15) is 13.9 Å². The van der Waals surface area contributed by atoms with Crippen LogP contribution in [0.25, 0.3) is 0 Å². The molecular formula is C19H25F2N3O. The van der Waals surface area contributed by atoms with E-state index in [4.69, 9.17) is 0 Å². The number of aromatic nitrogens is 2. The molecule has 4 nitrogen and oxygen atoms in total. The molecule has 2 aromatic rings. The van der Waals surface area contributed by atoms with E-state index in [0.717, 1.165) is 41.9 Å². The predicted octanol–water partition coefficient (Wildman–Crippen LogP) is 3.13. The van der Waals surface area contributed by atoms with E-state index >= 15 is 0 Å². The van der Waals surface area contributed by atoms with Gasteiger partial charge in [-0.1, -0.05) is 13.8 Å². The monoisotopic (exact) mass is 349 g/mol. The molecule has 2 heterocycles. The van der Waals surface area contributed by atoms with Crippen molar-refractivity contribution in [1.82, 2.24) is 14.7 Å². The Kier molecular flexibility index (Phi) is 5.20. The largest absolute Gasteiger partial charge is 0.392 e. The van der Waals surface area contributed by atoms with Gasteiger partial charge in [0.2, 0.25) is 0 Å². The Hall–Kier alpha value is -1.79. The molecule has 3 rings (SSSR count). The van der Waals surface area contributed by atoms with E-state index in [2.05, 4.69) is 18.9 Å². The number of β-amino-alcohol motifs (C(OH)–C–C–N with tert-alkyl or cyclic N) is 1. The second kappa shape index (κ2) is 7.22. The summed E-state index contributed by atoms with van der Waals surface area (Å²) in [6, 6.07) is 3.20. The Labute approximate surface area is 147 Å². The number of halogens is 2. The van der Waals surface area contributed by atoms with Gasteiger partial charge in [0.25, 0.3) is 0 Å². The molecule has 2 atom stereocenters. The number of hydrogen-bond donors (Lipinski definition) is 1. The first-order valence-corrected chi connectivity index (χ1v) is 8.85. The fourth-order valence-electron chi connectivity index (χ4n) is 3.92. The summed E-state index contributed by atoms with van der Waals surface area (Å²) < 4.78 is 29.8. The van der Waals surface area contributed by atoms with Gasteiger partial charge in [-0.25, -0.2) is 8.78 Å². The van der Waals surface area contributed by atoms with Crippen molar-refractivity contribution < 1.29 is 13.9 Å². The number of hydrogen-bond acceptors (Lipinski definition) is 3. The van der Waals surface area contributed by atoms with Crippen molar-refractivity contribution in [3.05, 3.63) is 52.3 Å². The zero-order valence-corrected chi connectivity index (χ0v) is 15.0. The Bertz CT molecular complexity index is 759. The van der Waals surface area contributed by atoms with Gasteiger partial charge >= 0.3 is 0 Å². The van der Waals surface area contributed by atoms with Crippen molar-refractivity contribution in [2.24, 2.45) is 7.05 Å². The Morgan fingerprint density at radius 1 is 1.24 bits per heavy atom. The molecule has 25 heavy (non-hydrogen) atoms. The quantitative estimate of drug-likeness (QED) is 0.902. The van der Waals surface area contributed by atoms with Crippen LogP contribution in [0.2, 0.25) is 0 Å². The summed E-state index contributed by atoms with van der Waals surface area (Å²) in [7, 11) is 1.93. The van der Waals surface area contributed by atoms with Gasteiger partial charge in [0.05, 0.1) is 11.8 Å². The number of likely N-dealkylation sites (tertiary alicyclic amines) is 1. The molecule has 1 aromatic heterocycles. The average Bonchev–Trinajstić information content (AvgIpc) is 3.09. The highest BCUT2D eigenvalue weighted by Crippen LogP contribution is 2.36. The van der Waals surface area contributed by atoms with E-state index in [1.54, 1.807) is 0 Å². The van der Waals surface area contributed by atoms with Gasteiger partial charge in [-0.3, -0.25) is 9.58 Å². The van der Waals surface area contributed by atoms with Crippen LogP contribution in [0.15, 0.2) is 18.2 Å². The molecule has 0 saturated carbocycles. The third kappa shape index (κ3) is 3.46. The summed E-state index contributed by atoms with van der Waals surface area (Å²) in [5.74, 6) is -0.884. The van der Waals surface area contributed by atoms with E-state index in [0.29, 0.717) is 25.1 Å². The van der Waals surface area contributed by atoms with Gasteiger partial charge in [0.1, 0.15) is 11.6 Å². The maximum atomic E-state index is 14.3. The van der Waals surface area contributed by atoms with Crippen LogP contribution in [0.5, 0.6) is 0 Å². The minimum atomic E-state index is -0.542. The lowest BCUT2D eigenvalue weighted by Crippen LogP contribution is -2.26. The van der Waals surface area contributed by atoms with Gasteiger partial charge in [0, 0.05) is 43.0 Å². The lowest BCUT2D eigenvalue weighted by Gasteiger charge is -2.25. The van der Waals surface area contributed by atoms with E-state index in [1.165, 1.54) is 6.07 Å². The average molecular weight is 349 g/mol. The lowest BCUT2D eigenvalue weighted by molar-refractivity contribution is 0.172. The van der Waals surface area contributed by atoms with Crippen molar-refractivity contribution >= 4 is 0 Å². The summed E-state index contributed by atoms with van der Waals surface area (Å²) in [4.78, 5) is 2.04. The standard InChI is InChI=1S/C19H25F2N3O/c1-4-17-15(18(5-2)23(3)22-17)11-24-10-13(25)9-19(24)14-8-12(20)6-7-16(14)21/h6-8,13,19,25H,4-5,9-11H2,1-3H3/t13-,19-/m1/s1. The van der Waals surface area contributed by atoms with Crippen LogP contribution in [0.3, 0.4) is 0 Å². The highest BCUT2D eigenvalue weighted by atomic mass is 19.1. The first kappa shape index (κ1) is 18.0. The maximum absolute atomic E-state index is 14.3. The molecule has 136 valence electrons. The molecule has 0 spiro atoms. The number of aliphatic hydroxyl groups is 1. The minimum Gasteiger partial charge on any atom is -0.392 e. The van der Waals surface area contributed by atoms with Gasteiger partial charge in [-0.15, -0.1) is 0 Å². The van der Waals surface area contributed by atoms with Crippen LogP contribution in [0.4, 0.5) is 8.78 Å². The van der Waals surface area contributed by atoms with Gasteiger partial charge in [0.15, 0.2) is 0 Å². The van der Waals surface area contributed by atoms with E-state index in [1.807, 2.05) is 16.6 Å². The van der Waals surface area contributed by atoms with Crippen LogP contribution < -0.4 is 0 Å². The van der Waals surface area contributed by atoms with Crippen LogP contribution >= 0.6 is 0 Å². The van der Waals surface area contributed by atoms with Crippen LogP contribution in [0.1, 0.15) is 48.8 Å². The SMILES string of the molecule is CCc1nn(C)c(CC)c1CN1C[C@H](O)C[C@@H]1c1cc(F)ccc1F. The van der Waals surface area contributed by atoms with Crippen molar-refractivity contribution in [3.63, 3.8) is 0 Å². The Morgan fingerprint density at radius 2 is 2.00 bits per heavy atom. The molecule has 0 unspecified atom stereocenters. The van der Waals surface area contributed by atoms with Gasteiger partial charge < -0.3 is 5.11 Å². The molecule has 1 saturated heterocycles. The number of benzene rings is 1. The number of aryl methyl sites for hydroxylation is 2. The molecule has 1 aromatic carbocycles. The topological polar surface area (TPSA) is 41.3 Å². The lowest BCUT2D eigenvalue weighted by atomic mass is 10.0. The molecule has 6 heteroatoms. The molecule has 1 fully saturated rings. The molecule has 1 aliphatic heterocycles. The highest BCUT2D eigenvalue weighted by Gasteiger charge is 2.35. The third-order valence-electron chi connectivity index (χ3n) is 5.09. The minimum absolute atomic E-state index is 0.316. The second-order valence-corrected chi connectivity index (χ2v) is 6.70. The predicted molar refractivity (Wildman–Crippen MR) is 92.1 cm³/mol. The second-order valence-electron chi connectivity index (χ2n) is 6.70. The number of nitrogens with zero attached hydrogens (tertiary/aromatic N) is 3. The fraction of sp³-hybridized carbons (Fsp3) is 0.526. The van der Waals surface area contributed by atoms with Gasteiger partial charge in [-0.05, 0) is 37.5 Å². The van der Waals surface area contributed by atoms with Crippen molar-refractivity contribution in [1.29, 1.82) is 0 Å². The highest BCUT2D eigenvalue weighted by molar-refractivity contribution is 5.29. The maximum Gasteiger partial charge on any atom is 0.128 e. The summed E-state index contributed by atoms with van der Waals surface area (Å²) >= 11 is 0. The normalized spacial score (nSPS) is 21.2. The molecule has 0 aliphatic carbocycles. The van der Waals surface area contributed by atoms with Crippen molar-refractivity contribution in [2.75, 3.05) is 6.54 Å². The summed E-state index contributed by atoms with van der Waals surface area (Å²) in [5.41, 5.74) is 3.64. The van der Waals surface area contributed by atoms with Crippen LogP contribution in [-0.4, -0.2) is 32.4 Å². The summed E-state index contributed by atoms with van der Waals surface area (Å²) in [6.07, 6.45) is 1.54. The number of aliphatic hydroxyl groups excluding tert-OH is 1. The van der Waals surface area contributed by atoms with Crippen LogP contribution in [0, 0.1) is 11.6 Å². The van der Waals surface area contributed by atoms with E-state index < -0.39 is 17.7 Å². The first-order chi connectivity index (χ1) is 11.9. The van der Waals surface area contributed by atoms with Crippen molar-refractivity contribution in [2.45, 2.75) is 51.8 Å². The molecule has 0 amide bonds. The first-order valence-electron chi connectivity index (χ1n) is 8.85.